The van der Waals surface area contributed by atoms with E-state index >= 15 is 0 Å². The molecule has 1 aliphatic rings. The number of ether oxygens (including phenoxy) is 3. The number of carbonyl (C=O) groups excluding carboxylic acids is 3. The number of nitrogens with one attached hydrogen (secondary N) is 1. The average Bonchev–Trinajstić information content (AvgIpc) is 2.86. The van der Waals surface area contributed by atoms with Gasteiger partial charge in [-0.05, 0) is 26.8 Å². The molecular formula is C13H19NO6. The van der Waals surface area contributed by atoms with Crippen LogP contribution in [0.5, 0.6) is 0 Å². The van der Waals surface area contributed by atoms with Crippen molar-refractivity contribution >= 4 is 17.9 Å². The van der Waals surface area contributed by atoms with Crippen molar-refractivity contribution in [3.63, 3.8) is 0 Å². The maximum absolute atomic E-state index is 12.0. The molecule has 0 bridgehead atoms. The van der Waals surface area contributed by atoms with Crippen LogP contribution in [0.4, 0.5) is 0 Å². The van der Waals surface area contributed by atoms with Crippen LogP contribution in [0.15, 0.2) is 11.6 Å². The highest BCUT2D eigenvalue weighted by molar-refractivity contribution is 6.10. The Balaban J connectivity index is 3.05. The minimum absolute atomic E-state index is 0.0382. The highest BCUT2D eigenvalue weighted by atomic mass is 16.6. The molecule has 0 aromatic carbocycles. The van der Waals surface area contributed by atoms with E-state index in [0.29, 0.717) is 0 Å². The van der Waals surface area contributed by atoms with E-state index in [0.717, 1.165) is 0 Å². The van der Waals surface area contributed by atoms with Crippen molar-refractivity contribution in [2.75, 3.05) is 26.4 Å². The first-order valence-electron chi connectivity index (χ1n) is 6.50. The Labute approximate surface area is 117 Å². The number of esters is 3. The van der Waals surface area contributed by atoms with Crippen molar-refractivity contribution in [1.29, 1.82) is 0 Å². The van der Waals surface area contributed by atoms with Crippen LogP contribution in [0.1, 0.15) is 20.8 Å². The summed E-state index contributed by atoms with van der Waals surface area (Å²) < 4.78 is 14.6. The largest absolute Gasteiger partial charge is 0.464 e. The molecule has 112 valence electrons. The summed E-state index contributed by atoms with van der Waals surface area (Å²) in [6.45, 7) is 5.40. The van der Waals surface area contributed by atoms with Gasteiger partial charge in [-0.15, -0.1) is 0 Å². The first-order valence-corrected chi connectivity index (χ1v) is 6.50. The monoisotopic (exact) mass is 285 g/mol. The lowest BCUT2D eigenvalue weighted by Crippen LogP contribution is -2.55. The van der Waals surface area contributed by atoms with Crippen molar-refractivity contribution in [2.45, 2.75) is 26.3 Å². The van der Waals surface area contributed by atoms with Crippen molar-refractivity contribution in [3.8, 4) is 0 Å². The van der Waals surface area contributed by atoms with Gasteiger partial charge in [0.15, 0.2) is 0 Å². The van der Waals surface area contributed by atoms with Gasteiger partial charge in [-0.25, -0.2) is 14.4 Å². The van der Waals surface area contributed by atoms with Crippen LogP contribution < -0.4 is 5.32 Å². The fraction of sp³-hybridized carbons (Fsp3) is 0.615. The number of hydrogen-bond acceptors (Lipinski definition) is 7. The molecule has 0 aliphatic carbocycles. The summed E-state index contributed by atoms with van der Waals surface area (Å²) in [5, 5.41) is 2.69. The Hall–Kier alpha value is -1.89. The Morgan fingerprint density at radius 2 is 1.55 bits per heavy atom. The van der Waals surface area contributed by atoms with E-state index in [9.17, 15) is 14.4 Å². The van der Waals surface area contributed by atoms with Crippen LogP contribution in [0.2, 0.25) is 0 Å². The Morgan fingerprint density at radius 3 is 2.00 bits per heavy atom. The summed E-state index contributed by atoms with van der Waals surface area (Å²) in [5.41, 5.74) is -1.57. The standard InChI is InChI=1S/C13H19NO6/c1-4-18-10(15)9-7-13(14-8-9,11(16)19-5-2)12(17)20-6-3/h7,14H,4-6,8H2,1-3H3. The van der Waals surface area contributed by atoms with Crippen molar-refractivity contribution in [1.82, 2.24) is 5.32 Å². The predicted molar refractivity (Wildman–Crippen MR) is 68.7 cm³/mol. The first-order chi connectivity index (χ1) is 9.51. The molecule has 0 spiro atoms. The van der Waals surface area contributed by atoms with Crippen LogP contribution in [-0.4, -0.2) is 49.8 Å². The van der Waals surface area contributed by atoms with Crippen LogP contribution in [-0.2, 0) is 28.6 Å². The molecule has 1 aliphatic heterocycles. The SMILES string of the molecule is CCOC(=O)C1=CC(C(=O)OCC)(C(=O)OCC)NC1. The Bertz CT molecular complexity index is 411. The van der Waals surface area contributed by atoms with E-state index in [2.05, 4.69) is 5.32 Å². The second-order valence-electron chi connectivity index (χ2n) is 3.99. The molecule has 0 aromatic heterocycles. The van der Waals surface area contributed by atoms with Crippen LogP contribution in [0.3, 0.4) is 0 Å². The molecular weight excluding hydrogens is 266 g/mol. The minimum Gasteiger partial charge on any atom is -0.464 e. The van der Waals surface area contributed by atoms with Gasteiger partial charge in [0, 0.05) is 6.54 Å². The van der Waals surface area contributed by atoms with Gasteiger partial charge < -0.3 is 14.2 Å². The van der Waals surface area contributed by atoms with Gasteiger partial charge in [0.05, 0.1) is 25.4 Å². The molecule has 0 amide bonds. The molecule has 7 heteroatoms. The molecule has 1 rings (SSSR count). The van der Waals surface area contributed by atoms with E-state index in [4.69, 9.17) is 14.2 Å². The summed E-state index contributed by atoms with van der Waals surface area (Å²) >= 11 is 0. The van der Waals surface area contributed by atoms with Gasteiger partial charge in [-0.2, -0.15) is 0 Å². The van der Waals surface area contributed by atoms with Gasteiger partial charge in [0.25, 0.3) is 0 Å². The molecule has 20 heavy (non-hydrogen) atoms. The lowest BCUT2D eigenvalue weighted by Gasteiger charge is -2.22. The Kier molecular flexibility index (Phi) is 5.69. The van der Waals surface area contributed by atoms with E-state index in [-0.39, 0.29) is 31.9 Å². The molecule has 0 unspecified atom stereocenters. The third-order valence-electron chi connectivity index (χ3n) is 2.68. The second-order valence-corrected chi connectivity index (χ2v) is 3.99. The average molecular weight is 285 g/mol. The van der Waals surface area contributed by atoms with Crippen LogP contribution >= 0.6 is 0 Å². The molecule has 1 N–H and O–H groups in total. The zero-order chi connectivity index (χ0) is 15.2. The third-order valence-corrected chi connectivity index (χ3v) is 2.68. The number of rotatable bonds is 6. The van der Waals surface area contributed by atoms with Gasteiger partial charge >= 0.3 is 17.9 Å². The highest BCUT2D eigenvalue weighted by Gasteiger charge is 2.51. The molecule has 0 atom stereocenters. The van der Waals surface area contributed by atoms with E-state index in [1.807, 2.05) is 0 Å². The van der Waals surface area contributed by atoms with Crippen molar-refractivity contribution in [2.24, 2.45) is 0 Å². The molecule has 0 saturated heterocycles. The zero-order valence-corrected chi connectivity index (χ0v) is 11.9. The number of carbonyl (C=O) groups is 3. The van der Waals surface area contributed by atoms with E-state index < -0.39 is 23.4 Å². The zero-order valence-electron chi connectivity index (χ0n) is 11.9. The summed E-state index contributed by atoms with van der Waals surface area (Å²) in [5.74, 6) is -2.16. The Morgan fingerprint density at radius 1 is 1.05 bits per heavy atom. The van der Waals surface area contributed by atoms with Gasteiger partial charge in [-0.3, -0.25) is 5.32 Å². The van der Waals surface area contributed by atoms with Gasteiger partial charge in [0.2, 0.25) is 5.54 Å². The maximum atomic E-state index is 12.0. The molecule has 0 aromatic rings. The normalized spacial score (nSPS) is 16.2. The van der Waals surface area contributed by atoms with Gasteiger partial charge in [-0.1, -0.05) is 0 Å². The summed E-state index contributed by atoms with van der Waals surface area (Å²) in [6.07, 6.45) is 1.22. The molecule has 1 heterocycles. The summed E-state index contributed by atoms with van der Waals surface area (Å²) in [4.78, 5) is 35.7. The summed E-state index contributed by atoms with van der Waals surface area (Å²) in [7, 11) is 0. The lowest BCUT2D eigenvalue weighted by molar-refractivity contribution is -0.162. The highest BCUT2D eigenvalue weighted by Crippen LogP contribution is 2.22. The minimum atomic E-state index is -1.77. The van der Waals surface area contributed by atoms with E-state index in [1.54, 1.807) is 20.8 Å². The smallest absolute Gasteiger partial charge is 0.342 e. The third kappa shape index (κ3) is 3.16. The molecule has 7 nitrogen and oxygen atoms in total. The van der Waals surface area contributed by atoms with Crippen LogP contribution in [0.25, 0.3) is 0 Å². The molecule has 0 fully saturated rings. The first kappa shape index (κ1) is 16.2. The van der Waals surface area contributed by atoms with Gasteiger partial charge in [0.1, 0.15) is 0 Å². The second kappa shape index (κ2) is 7.04. The number of hydrogen-bond donors (Lipinski definition) is 1. The maximum Gasteiger partial charge on any atom is 0.342 e. The van der Waals surface area contributed by atoms with Crippen molar-refractivity contribution in [3.05, 3.63) is 11.6 Å². The fourth-order valence-electron chi connectivity index (χ4n) is 1.79. The molecule has 0 radical (unpaired) electrons. The van der Waals surface area contributed by atoms with Crippen molar-refractivity contribution < 1.29 is 28.6 Å². The lowest BCUT2D eigenvalue weighted by atomic mass is 10.0. The summed E-state index contributed by atoms with van der Waals surface area (Å²) in [6, 6.07) is 0. The predicted octanol–water partition coefficient (Wildman–Crippen LogP) is -0.0559. The van der Waals surface area contributed by atoms with E-state index in [1.165, 1.54) is 6.08 Å². The quantitative estimate of drug-likeness (QED) is 0.415. The molecule has 0 saturated carbocycles. The topological polar surface area (TPSA) is 90.9 Å². The van der Waals surface area contributed by atoms with Crippen LogP contribution in [0, 0.1) is 0 Å². The fourth-order valence-corrected chi connectivity index (χ4v) is 1.79.